The summed E-state index contributed by atoms with van der Waals surface area (Å²) >= 11 is 0. The first-order chi connectivity index (χ1) is 13.8. The zero-order valence-electron chi connectivity index (χ0n) is 16.0. The molecule has 0 aliphatic rings. The molecule has 1 aromatic heterocycles. The van der Waals surface area contributed by atoms with Crippen LogP contribution in [0.3, 0.4) is 0 Å². The van der Waals surface area contributed by atoms with Gasteiger partial charge in [0.05, 0.1) is 13.2 Å². The SMILES string of the molecule is O=C(OCCC[n+]1c[nH]c2ccccc21)C(c1ccccc1)c1ccccc1.[Cl-]. The van der Waals surface area contributed by atoms with Crippen LogP contribution in [0.5, 0.6) is 0 Å². The number of carbonyl (C=O) groups excluding carboxylic acids is 1. The number of esters is 1. The highest BCUT2D eigenvalue weighted by Gasteiger charge is 2.24. The van der Waals surface area contributed by atoms with E-state index in [2.05, 4.69) is 21.7 Å². The Labute approximate surface area is 176 Å². The maximum atomic E-state index is 12.9. The molecule has 0 fully saturated rings. The van der Waals surface area contributed by atoms with E-state index in [0.717, 1.165) is 35.1 Å². The summed E-state index contributed by atoms with van der Waals surface area (Å²) in [6.45, 7) is 1.18. The number of benzene rings is 3. The fourth-order valence-corrected chi connectivity index (χ4v) is 3.49. The second-order valence-corrected chi connectivity index (χ2v) is 6.76. The van der Waals surface area contributed by atoms with Crippen LogP contribution in [0.4, 0.5) is 0 Å². The van der Waals surface area contributed by atoms with E-state index in [0.29, 0.717) is 6.61 Å². The molecule has 148 valence electrons. The highest BCUT2D eigenvalue weighted by molar-refractivity contribution is 5.82. The highest BCUT2D eigenvalue weighted by Crippen LogP contribution is 2.26. The number of ether oxygens (including phenoxy) is 1. The van der Waals surface area contributed by atoms with Crippen LogP contribution < -0.4 is 17.0 Å². The van der Waals surface area contributed by atoms with E-state index in [1.54, 1.807) is 0 Å². The summed E-state index contributed by atoms with van der Waals surface area (Å²) in [5.74, 6) is -0.607. The quantitative estimate of drug-likeness (QED) is 0.285. The van der Waals surface area contributed by atoms with Gasteiger partial charge >= 0.3 is 5.97 Å². The van der Waals surface area contributed by atoms with Crippen molar-refractivity contribution in [2.45, 2.75) is 18.9 Å². The molecular weight excluding hydrogens is 384 g/mol. The summed E-state index contributed by atoms with van der Waals surface area (Å²) in [5, 5.41) is 0. The van der Waals surface area contributed by atoms with Gasteiger partial charge in [-0.2, -0.15) is 0 Å². The van der Waals surface area contributed by atoms with Gasteiger partial charge in [0.25, 0.3) is 0 Å². The van der Waals surface area contributed by atoms with E-state index >= 15 is 0 Å². The molecule has 5 heteroatoms. The number of hydrogen-bond acceptors (Lipinski definition) is 2. The maximum absolute atomic E-state index is 12.9. The third kappa shape index (κ3) is 4.84. The van der Waals surface area contributed by atoms with E-state index in [1.165, 1.54) is 0 Å². The number of fused-ring (bicyclic) bond motifs is 1. The summed E-state index contributed by atoms with van der Waals surface area (Å²) in [6.07, 6.45) is 2.72. The number of para-hydroxylation sites is 2. The lowest BCUT2D eigenvalue weighted by Crippen LogP contribution is -3.00. The molecule has 4 rings (SSSR count). The molecule has 0 aliphatic carbocycles. The molecule has 0 saturated carbocycles. The van der Waals surface area contributed by atoms with Crippen molar-refractivity contribution in [2.75, 3.05) is 6.61 Å². The van der Waals surface area contributed by atoms with Gasteiger partial charge in [-0.15, -0.1) is 0 Å². The smallest absolute Gasteiger partial charge is 0.317 e. The average molecular weight is 407 g/mol. The number of carbonyl (C=O) groups is 1. The van der Waals surface area contributed by atoms with Crippen molar-refractivity contribution >= 4 is 17.0 Å². The molecule has 0 bridgehead atoms. The molecule has 0 atom stereocenters. The lowest BCUT2D eigenvalue weighted by Gasteiger charge is -2.17. The molecule has 1 heterocycles. The minimum atomic E-state index is -0.400. The van der Waals surface area contributed by atoms with Crippen LogP contribution in [0.25, 0.3) is 11.0 Å². The number of aromatic amines is 1. The van der Waals surface area contributed by atoms with Gasteiger partial charge in [0.15, 0.2) is 11.0 Å². The van der Waals surface area contributed by atoms with Gasteiger partial charge in [-0.1, -0.05) is 72.8 Å². The van der Waals surface area contributed by atoms with Crippen LogP contribution in [-0.2, 0) is 16.1 Å². The molecule has 4 aromatic rings. The zero-order chi connectivity index (χ0) is 19.2. The summed E-state index contributed by atoms with van der Waals surface area (Å²) in [6, 6.07) is 27.8. The predicted molar refractivity (Wildman–Crippen MR) is 109 cm³/mol. The second-order valence-electron chi connectivity index (χ2n) is 6.76. The van der Waals surface area contributed by atoms with Crippen LogP contribution in [0.1, 0.15) is 23.5 Å². The van der Waals surface area contributed by atoms with Crippen LogP contribution in [0.2, 0.25) is 0 Å². The van der Waals surface area contributed by atoms with Gasteiger partial charge in [-0.3, -0.25) is 4.79 Å². The Bertz CT molecular complexity index is 1010. The summed E-state index contributed by atoms with van der Waals surface area (Å²) in [5.41, 5.74) is 4.15. The van der Waals surface area contributed by atoms with Crippen molar-refractivity contribution in [2.24, 2.45) is 0 Å². The Morgan fingerprint density at radius 3 is 2.10 bits per heavy atom. The number of nitrogens with one attached hydrogen (secondary N) is 1. The molecule has 0 saturated heterocycles. The normalized spacial score (nSPS) is 10.7. The van der Waals surface area contributed by atoms with Crippen molar-refractivity contribution in [1.82, 2.24) is 4.98 Å². The lowest BCUT2D eigenvalue weighted by molar-refractivity contribution is -0.671. The maximum Gasteiger partial charge on any atom is 0.317 e. The second kappa shape index (κ2) is 9.89. The van der Waals surface area contributed by atoms with Crippen LogP contribution in [0, 0.1) is 0 Å². The minimum absolute atomic E-state index is 0. The predicted octanol–water partition coefficient (Wildman–Crippen LogP) is 1.22. The average Bonchev–Trinajstić information content (AvgIpc) is 3.16. The fourth-order valence-electron chi connectivity index (χ4n) is 3.49. The molecule has 4 nitrogen and oxygen atoms in total. The summed E-state index contributed by atoms with van der Waals surface area (Å²) in [7, 11) is 0. The Morgan fingerprint density at radius 1 is 0.862 bits per heavy atom. The van der Waals surface area contributed by atoms with E-state index in [1.807, 2.05) is 79.1 Å². The van der Waals surface area contributed by atoms with E-state index in [9.17, 15) is 4.79 Å². The standard InChI is InChI=1S/C24H22N2O2.ClH/c27-24(23(19-10-3-1-4-11-19)20-12-5-2-6-13-20)28-17-9-16-26-18-25-21-14-7-8-15-22(21)26;/h1-8,10-15,18,23H,9,16-17H2;1H. The highest BCUT2D eigenvalue weighted by atomic mass is 35.5. The van der Waals surface area contributed by atoms with Crippen molar-refractivity contribution < 1.29 is 26.5 Å². The Morgan fingerprint density at radius 2 is 1.45 bits per heavy atom. The van der Waals surface area contributed by atoms with Gasteiger partial charge in [0.2, 0.25) is 6.33 Å². The van der Waals surface area contributed by atoms with E-state index < -0.39 is 5.92 Å². The van der Waals surface area contributed by atoms with Gasteiger partial charge in [0, 0.05) is 6.42 Å². The number of nitrogens with zero attached hydrogens (tertiary/aromatic N) is 1. The first-order valence-corrected chi connectivity index (χ1v) is 9.55. The van der Waals surface area contributed by atoms with Gasteiger partial charge in [-0.25, -0.2) is 9.55 Å². The van der Waals surface area contributed by atoms with Crippen molar-refractivity contribution in [3.63, 3.8) is 0 Å². The number of aromatic nitrogens is 2. The number of rotatable bonds is 7. The van der Waals surface area contributed by atoms with E-state index in [-0.39, 0.29) is 18.4 Å². The van der Waals surface area contributed by atoms with Gasteiger partial charge < -0.3 is 17.1 Å². The largest absolute Gasteiger partial charge is 1.00 e. The molecule has 1 N–H and O–H groups in total. The first-order valence-electron chi connectivity index (χ1n) is 9.55. The molecular formula is C24H23ClN2O2. The summed E-state index contributed by atoms with van der Waals surface area (Å²) < 4.78 is 7.81. The third-order valence-corrected chi connectivity index (χ3v) is 4.88. The number of imidazole rings is 1. The number of aryl methyl sites for hydroxylation is 1. The number of H-pyrrole nitrogens is 1. The van der Waals surface area contributed by atoms with Crippen LogP contribution >= 0.6 is 0 Å². The number of halogens is 1. The van der Waals surface area contributed by atoms with Crippen LogP contribution in [0.15, 0.2) is 91.3 Å². The molecule has 0 unspecified atom stereocenters. The topological polar surface area (TPSA) is 46.0 Å². The first kappa shape index (κ1) is 20.6. The molecule has 0 aliphatic heterocycles. The van der Waals surface area contributed by atoms with E-state index in [4.69, 9.17) is 4.74 Å². The number of hydrogen-bond donors (Lipinski definition) is 1. The minimum Gasteiger partial charge on any atom is -1.00 e. The van der Waals surface area contributed by atoms with Crippen molar-refractivity contribution in [3.05, 3.63) is 102 Å². The van der Waals surface area contributed by atoms with Crippen molar-refractivity contribution in [3.8, 4) is 0 Å². The van der Waals surface area contributed by atoms with Crippen LogP contribution in [-0.4, -0.2) is 17.6 Å². The fraction of sp³-hybridized carbons (Fsp3) is 0.167. The Hall–Kier alpha value is -3.11. The zero-order valence-corrected chi connectivity index (χ0v) is 16.8. The molecule has 3 aromatic carbocycles. The third-order valence-electron chi connectivity index (χ3n) is 4.88. The Balaban J connectivity index is 0.00000240. The molecule has 0 spiro atoms. The van der Waals surface area contributed by atoms with Crippen molar-refractivity contribution in [1.29, 1.82) is 0 Å². The Kier molecular flexibility index (Phi) is 7.04. The summed E-state index contributed by atoms with van der Waals surface area (Å²) in [4.78, 5) is 16.1. The molecule has 29 heavy (non-hydrogen) atoms. The van der Waals surface area contributed by atoms with Gasteiger partial charge in [-0.05, 0) is 23.3 Å². The monoisotopic (exact) mass is 406 g/mol. The molecule has 0 amide bonds. The van der Waals surface area contributed by atoms with Gasteiger partial charge in [0.1, 0.15) is 5.92 Å². The molecule has 0 radical (unpaired) electrons. The lowest BCUT2D eigenvalue weighted by atomic mass is 9.91.